The van der Waals surface area contributed by atoms with Gasteiger partial charge in [-0.15, -0.1) is 0 Å². The van der Waals surface area contributed by atoms with Crippen molar-refractivity contribution in [3.8, 4) is 34.1 Å². The Morgan fingerprint density at radius 2 is 1.08 bits per heavy atom. The lowest BCUT2D eigenvalue weighted by Gasteiger charge is -2.63. The third kappa shape index (κ3) is 3.19. The van der Waals surface area contributed by atoms with Crippen LogP contribution in [0.3, 0.4) is 0 Å². The fourth-order valence-corrected chi connectivity index (χ4v) is 13.3. The molecule has 0 amide bonds. The van der Waals surface area contributed by atoms with Gasteiger partial charge in [-0.2, -0.15) is 0 Å². The van der Waals surface area contributed by atoms with Crippen LogP contribution in [0.25, 0.3) is 11.1 Å². The van der Waals surface area contributed by atoms with E-state index in [9.17, 15) is 20.4 Å². The fraction of sp³-hybridized carbons (Fsp3) is 0.619. The summed E-state index contributed by atoms with van der Waals surface area (Å²) in [6, 6.07) is 4.10. The first-order chi connectivity index (χ1) is 24.1. The molecule has 12 rings (SSSR count). The van der Waals surface area contributed by atoms with Crippen LogP contribution in [0.4, 0.5) is 0 Å². The van der Waals surface area contributed by atoms with Crippen LogP contribution in [0.5, 0.6) is 23.0 Å². The van der Waals surface area contributed by atoms with Gasteiger partial charge in [0.1, 0.15) is 12.2 Å². The fourth-order valence-electron chi connectivity index (χ4n) is 13.3. The number of ether oxygens (including phenoxy) is 2. The SMILES string of the molecule is C=C1CC[C@@]2(O)C3Cc4cc(-c5cc6c7c(c5O)O[C@H]5C(=C)CC[C@@]8(O)[C@@H](C6)N(CC6CC6)CC[C@]758)c(O)c5c4[C@@]2(CCN3CC2CC2)[C@H]1O5. The second-order valence-electron chi connectivity index (χ2n) is 18.2. The second-order valence-corrected chi connectivity index (χ2v) is 18.2. The molecular weight excluding hydrogens is 628 g/mol. The zero-order valence-electron chi connectivity index (χ0n) is 28.8. The molecule has 1 unspecified atom stereocenters. The molecule has 4 N–H and O–H groups in total. The van der Waals surface area contributed by atoms with Crippen LogP contribution >= 0.6 is 0 Å². The molecule has 8 atom stereocenters. The minimum absolute atomic E-state index is 0.0184. The number of rotatable bonds is 5. The normalized spacial score (nSPS) is 41.8. The smallest absolute Gasteiger partial charge is 0.166 e. The topological polar surface area (TPSA) is 106 Å². The number of nitrogens with zero attached hydrogens (tertiary/aromatic N) is 2. The third-order valence-electron chi connectivity index (χ3n) is 15.9. The lowest BCUT2D eigenvalue weighted by atomic mass is 9.48. The van der Waals surface area contributed by atoms with Gasteiger partial charge in [-0.25, -0.2) is 0 Å². The maximum Gasteiger partial charge on any atom is 0.166 e. The van der Waals surface area contributed by atoms with Crippen molar-refractivity contribution in [1.29, 1.82) is 0 Å². The van der Waals surface area contributed by atoms with Crippen LogP contribution in [0, 0.1) is 11.8 Å². The van der Waals surface area contributed by atoms with Crippen LogP contribution in [0.2, 0.25) is 0 Å². The van der Waals surface area contributed by atoms with E-state index in [1.54, 1.807) is 0 Å². The number of aliphatic hydroxyl groups is 2. The van der Waals surface area contributed by atoms with Gasteiger partial charge in [0.05, 0.1) is 22.0 Å². The van der Waals surface area contributed by atoms with E-state index in [0.717, 1.165) is 72.4 Å². The molecule has 262 valence electrons. The largest absolute Gasteiger partial charge is 0.504 e. The van der Waals surface area contributed by atoms with Crippen LogP contribution in [-0.2, 0) is 23.7 Å². The number of piperidine rings is 2. The van der Waals surface area contributed by atoms with Gasteiger partial charge in [-0.1, -0.05) is 13.2 Å². The van der Waals surface area contributed by atoms with Crippen LogP contribution in [0.1, 0.15) is 86.5 Å². The Hall–Kier alpha value is -3.04. The highest BCUT2D eigenvalue weighted by molar-refractivity contribution is 5.86. The molecule has 4 bridgehead atoms. The molecule has 10 aliphatic rings. The summed E-state index contributed by atoms with van der Waals surface area (Å²) in [4.78, 5) is 5.10. The Morgan fingerprint density at radius 1 is 0.660 bits per heavy atom. The highest BCUT2D eigenvalue weighted by Gasteiger charge is 2.74. The van der Waals surface area contributed by atoms with Crippen molar-refractivity contribution in [2.75, 3.05) is 26.2 Å². The van der Waals surface area contributed by atoms with Crippen LogP contribution in [0.15, 0.2) is 36.4 Å². The molecule has 4 saturated carbocycles. The number of benzene rings is 2. The van der Waals surface area contributed by atoms with Crippen molar-refractivity contribution in [1.82, 2.24) is 9.80 Å². The zero-order chi connectivity index (χ0) is 33.7. The number of aromatic hydroxyl groups is 2. The summed E-state index contributed by atoms with van der Waals surface area (Å²) in [6.45, 7) is 12.8. The van der Waals surface area contributed by atoms with E-state index in [-0.39, 0.29) is 35.8 Å². The van der Waals surface area contributed by atoms with E-state index in [1.165, 1.54) is 25.7 Å². The van der Waals surface area contributed by atoms with E-state index >= 15 is 0 Å². The summed E-state index contributed by atoms with van der Waals surface area (Å²) in [5.41, 5.74) is 4.01. The van der Waals surface area contributed by atoms with Crippen LogP contribution in [-0.4, -0.2) is 91.9 Å². The van der Waals surface area contributed by atoms with Gasteiger partial charge in [0.2, 0.25) is 0 Å². The van der Waals surface area contributed by atoms with Crippen molar-refractivity contribution in [3.05, 3.63) is 58.7 Å². The lowest BCUT2D eigenvalue weighted by Crippen LogP contribution is -2.75. The Labute approximate surface area is 293 Å². The van der Waals surface area contributed by atoms with E-state index in [1.807, 2.05) is 0 Å². The highest BCUT2D eigenvalue weighted by atomic mass is 16.5. The Bertz CT molecular complexity index is 1830. The van der Waals surface area contributed by atoms with Gasteiger partial charge in [0, 0.05) is 47.4 Å². The number of likely N-dealkylation sites (tertiary alicyclic amines) is 2. The van der Waals surface area contributed by atoms with Crippen molar-refractivity contribution in [2.45, 2.75) is 123 Å². The predicted octanol–water partition coefficient (Wildman–Crippen LogP) is 5.01. The molecule has 2 aromatic carbocycles. The lowest BCUT2D eigenvalue weighted by molar-refractivity contribution is -0.174. The Kier molecular flexibility index (Phi) is 5.38. The Morgan fingerprint density at radius 3 is 1.48 bits per heavy atom. The van der Waals surface area contributed by atoms with Gasteiger partial charge < -0.3 is 29.9 Å². The maximum atomic E-state index is 12.8. The van der Waals surface area contributed by atoms with Crippen molar-refractivity contribution < 1.29 is 29.9 Å². The highest BCUT2D eigenvalue weighted by Crippen LogP contribution is 2.70. The van der Waals surface area contributed by atoms with E-state index in [4.69, 9.17) is 9.47 Å². The number of hydrogen-bond acceptors (Lipinski definition) is 8. The molecule has 4 aliphatic heterocycles. The average Bonchev–Trinajstić information content (AvgIpc) is 4.02. The molecule has 2 saturated heterocycles. The number of hydrogen-bond donors (Lipinski definition) is 4. The van der Waals surface area contributed by atoms with E-state index in [0.29, 0.717) is 73.0 Å². The molecule has 2 spiro atoms. The van der Waals surface area contributed by atoms with Crippen molar-refractivity contribution in [3.63, 3.8) is 0 Å². The van der Waals surface area contributed by atoms with E-state index in [2.05, 4.69) is 35.1 Å². The summed E-state index contributed by atoms with van der Waals surface area (Å²) >= 11 is 0. The molecule has 8 nitrogen and oxygen atoms in total. The molecule has 8 heteroatoms. The quantitative estimate of drug-likeness (QED) is 0.328. The number of phenolic OH excluding ortho intramolecular Hbond substituents is 2. The molecule has 6 fully saturated rings. The van der Waals surface area contributed by atoms with Gasteiger partial charge in [0.25, 0.3) is 0 Å². The van der Waals surface area contributed by atoms with Crippen molar-refractivity contribution in [2.24, 2.45) is 11.8 Å². The molecule has 0 aromatic heterocycles. The maximum absolute atomic E-state index is 12.8. The minimum Gasteiger partial charge on any atom is -0.504 e. The molecule has 50 heavy (non-hydrogen) atoms. The standard InChI is InChI=1S/C42H48N2O6/c1-21-7-9-41(47)29-17-25-15-27(33(45)35-31(25)39(41,37(21)49-35)11-13-43(29)19-23-3-4-23)28-16-26-18-30-42(48)10-8-22(2)38-40(42,32(26)36(50-38)34(28)46)12-14-44(30)20-24-5-6-24/h15-16,23-24,29-30,37-38,45-48H,1-14,17-20H2/t29-,30?,37+,38+,39+,40+,41-,42-/m1/s1. The molecule has 6 aliphatic carbocycles. The van der Waals surface area contributed by atoms with Gasteiger partial charge in [-0.05, 0) is 136 Å². The molecule has 4 heterocycles. The molecular formula is C42H48N2O6. The summed E-state index contributed by atoms with van der Waals surface area (Å²) in [6.07, 6.45) is 9.91. The first kappa shape index (κ1) is 29.5. The first-order valence-corrected chi connectivity index (χ1v) is 19.5. The summed E-state index contributed by atoms with van der Waals surface area (Å²) in [7, 11) is 0. The average molecular weight is 677 g/mol. The molecule has 2 aromatic rings. The number of phenols is 2. The summed E-state index contributed by atoms with van der Waals surface area (Å²) in [5, 5.41) is 50.1. The third-order valence-corrected chi connectivity index (χ3v) is 15.9. The monoisotopic (exact) mass is 676 g/mol. The van der Waals surface area contributed by atoms with Gasteiger partial charge >= 0.3 is 0 Å². The van der Waals surface area contributed by atoms with E-state index < -0.39 is 22.0 Å². The van der Waals surface area contributed by atoms with Crippen molar-refractivity contribution >= 4 is 0 Å². The summed E-state index contributed by atoms with van der Waals surface area (Å²) < 4.78 is 13.6. The first-order valence-electron chi connectivity index (χ1n) is 19.5. The van der Waals surface area contributed by atoms with Gasteiger partial charge in [0.15, 0.2) is 23.0 Å². The molecule has 0 radical (unpaired) electrons. The zero-order valence-corrected chi connectivity index (χ0v) is 28.8. The predicted molar refractivity (Wildman–Crippen MR) is 187 cm³/mol. The summed E-state index contributed by atoms with van der Waals surface area (Å²) in [5.74, 6) is 2.37. The minimum atomic E-state index is -0.954. The van der Waals surface area contributed by atoms with Gasteiger partial charge in [-0.3, -0.25) is 9.80 Å². The Balaban J connectivity index is 1.04. The second kappa shape index (κ2) is 9.11. The van der Waals surface area contributed by atoms with Crippen LogP contribution < -0.4 is 9.47 Å².